The molecule has 2 fully saturated rings. The molecule has 0 atom stereocenters. The molecule has 2 spiro atoms. The molecule has 0 N–H and O–H groups in total. The Bertz CT molecular complexity index is 1520. The van der Waals surface area contributed by atoms with Crippen LogP contribution >= 0.6 is 139 Å². The molecule has 0 unspecified atom stereocenters. The first-order chi connectivity index (χ1) is 29.4. The second-order valence-electron chi connectivity index (χ2n) is 20.0. The molecule has 0 bridgehead atoms. The minimum Gasteiger partial charge on any atom is -1.00 e. The summed E-state index contributed by atoms with van der Waals surface area (Å²) >= 11 is 57.7. The van der Waals surface area contributed by atoms with Gasteiger partial charge in [-0.3, -0.25) is 0 Å². The van der Waals surface area contributed by atoms with Gasteiger partial charge in [0, 0.05) is 62.8 Å². The van der Waals surface area contributed by atoms with Crippen LogP contribution in [0.5, 0.6) is 0 Å². The fraction of sp³-hybridized carbons (Fsp3) is 0.720. The second-order valence-corrected chi connectivity index (χ2v) is 27.9. The van der Waals surface area contributed by atoms with Crippen molar-refractivity contribution in [3.63, 3.8) is 0 Å². The molecule has 2 saturated carbocycles. The number of nitrogens with zero attached hydrogens (tertiary/aromatic N) is 2. The van der Waals surface area contributed by atoms with E-state index in [2.05, 4.69) is 141 Å². The van der Waals surface area contributed by atoms with Crippen LogP contribution in [0.3, 0.4) is 0 Å². The Morgan fingerprint density at radius 1 is 0.379 bits per heavy atom. The molecule has 2 nitrogen and oxygen atoms in total. The molecule has 0 aromatic heterocycles. The highest BCUT2D eigenvalue weighted by atomic mass is 35.6. The zero-order chi connectivity index (χ0) is 49.4. The Balaban J connectivity index is 0. The monoisotopic (exact) mass is 1190 g/mol. The van der Waals surface area contributed by atoms with Crippen molar-refractivity contribution >= 4 is 163 Å². The van der Waals surface area contributed by atoms with Crippen LogP contribution in [0, 0.1) is 10.8 Å². The average Bonchev–Trinajstić information content (AvgIpc) is 3.56. The van der Waals surface area contributed by atoms with Crippen molar-refractivity contribution < 1.29 is 34.0 Å². The molecule has 384 valence electrons. The molecule has 2 heterocycles. The summed E-state index contributed by atoms with van der Waals surface area (Å²) in [6, 6.07) is 13.9. The van der Waals surface area contributed by atoms with Crippen LogP contribution in [0.25, 0.3) is 0 Å². The van der Waals surface area contributed by atoms with Crippen LogP contribution in [0.1, 0.15) is 206 Å². The first-order valence-electron chi connectivity index (χ1n) is 22.7. The molecule has 2 aromatic rings. The van der Waals surface area contributed by atoms with Gasteiger partial charge in [-0.1, -0.05) is 270 Å². The van der Waals surface area contributed by atoms with Gasteiger partial charge < -0.3 is 24.8 Å². The molecule has 2 aliphatic carbocycles. The zero-order valence-corrected chi connectivity index (χ0v) is 51.5. The highest BCUT2D eigenvalue weighted by Crippen LogP contribution is 2.51. The topological polar surface area (TPSA) is 6.02 Å². The minimum atomic E-state index is -0.750. The lowest BCUT2D eigenvalue weighted by molar-refractivity contribution is -0.513. The van der Waals surface area contributed by atoms with Crippen molar-refractivity contribution in [3.05, 3.63) is 58.7 Å². The number of alkyl halides is 12. The maximum atomic E-state index is 4.81. The fourth-order valence-electron chi connectivity index (χ4n) is 10.3. The Labute approximate surface area is 474 Å². The Morgan fingerprint density at radius 2 is 0.576 bits per heavy atom. The quantitative estimate of drug-likeness (QED) is 0.201. The third kappa shape index (κ3) is 23.8. The standard InChI is InChI=1S/2C23H36N.4CHCl3.2ClH/c2*1-17(2)19-11-10-12-20(18(3)4)21(19)24-16-23(15-22(24,5)6)13-8-7-9-14-23;4*2-1(3)4;;/h2*10-12,16-18H,7-9,13-15H2,1-6H3;4*1H;2*1H/q2*+1;;;;;;/p-2. The molecule has 16 heteroatoms. The van der Waals surface area contributed by atoms with E-state index in [4.69, 9.17) is 139 Å². The number of rotatable bonds is 6. The van der Waals surface area contributed by atoms with Crippen LogP contribution in [-0.4, -0.2) is 49.8 Å². The van der Waals surface area contributed by atoms with E-state index >= 15 is 0 Å². The summed E-state index contributed by atoms with van der Waals surface area (Å²) in [4.78, 5) is 0. The smallest absolute Gasteiger partial charge is 0.212 e. The van der Waals surface area contributed by atoms with E-state index < -0.39 is 17.2 Å². The van der Waals surface area contributed by atoms with Gasteiger partial charge in [-0.2, -0.15) is 9.15 Å². The van der Waals surface area contributed by atoms with E-state index in [0.717, 1.165) is 0 Å². The van der Waals surface area contributed by atoms with Gasteiger partial charge in [0.05, 0.1) is 10.8 Å². The van der Waals surface area contributed by atoms with E-state index in [0.29, 0.717) is 34.5 Å². The molecule has 0 radical (unpaired) electrons. The number of hydrogen-bond acceptors (Lipinski definition) is 0. The molecule has 2 aromatic carbocycles. The van der Waals surface area contributed by atoms with Gasteiger partial charge in [-0.05, 0) is 49.4 Å². The third-order valence-electron chi connectivity index (χ3n) is 12.5. The van der Waals surface area contributed by atoms with Crippen molar-refractivity contribution in [1.82, 2.24) is 0 Å². The van der Waals surface area contributed by atoms with Gasteiger partial charge in [0.2, 0.25) is 11.4 Å². The van der Waals surface area contributed by atoms with Gasteiger partial charge in [-0.25, -0.2) is 0 Å². The largest absolute Gasteiger partial charge is 1.00 e. The highest BCUT2D eigenvalue weighted by molar-refractivity contribution is 6.64. The maximum Gasteiger partial charge on any atom is 0.212 e. The maximum absolute atomic E-state index is 4.81. The predicted molar refractivity (Wildman–Crippen MR) is 295 cm³/mol. The Morgan fingerprint density at radius 3 is 0.758 bits per heavy atom. The SMILES string of the molecule is CC(C)c1cccc(C(C)C)c1[N+]1=CC2(CCCCC2)CC1(C)C.CC(C)c1cccc(C(C)C)c1[N+]1=CC2(CCCCC2)CC1(C)C.ClC(Cl)Cl.ClC(Cl)Cl.ClC(Cl)Cl.ClC(Cl)Cl.[Cl-].[Cl-]. The summed E-state index contributed by atoms with van der Waals surface area (Å²) in [6.45, 7) is 28.5. The third-order valence-corrected chi connectivity index (χ3v) is 12.5. The Kier molecular flexibility index (Phi) is 34.9. The van der Waals surface area contributed by atoms with Crippen molar-refractivity contribution in [2.75, 3.05) is 0 Å². The molecular weight excluding hydrogens is 1120 g/mol. The van der Waals surface area contributed by atoms with E-state index in [1.165, 1.54) is 111 Å². The lowest BCUT2D eigenvalue weighted by Crippen LogP contribution is -3.00. The van der Waals surface area contributed by atoms with E-state index in [1.54, 1.807) is 0 Å². The van der Waals surface area contributed by atoms with Crippen molar-refractivity contribution in [3.8, 4) is 0 Å². The Hall–Kier alpha value is 1.84. The van der Waals surface area contributed by atoms with Gasteiger partial charge >= 0.3 is 0 Å². The summed E-state index contributed by atoms with van der Waals surface area (Å²) in [7, 11) is 0. The number of benzene rings is 2. The molecule has 2 aliphatic heterocycles. The first kappa shape index (κ1) is 69.9. The average molecular weight is 1200 g/mol. The van der Waals surface area contributed by atoms with Crippen LogP contribution in [0.4, 0.5) is 11.4 Å². The van der Waals surface area contributed by atoms with Crippen molar-refractivity contribution in [2.24, 2.45) is 10.8 Å². The van der Waals surface area contributed by atoms with Crippen LogP contribution in [0.2, 0.25) is 0 Å². The summed E-state index contributed by atoms with van der Waals surface area (Å²) in [5.41, 5.74) is 10.4. The van der Waals surface area contributed by atoms with Crippen molar-refractivity contribution in [2.45, 2.75) is 212 Å². The summed E-state index contributed by atoms with van der Waals surface area (Å²) in [5, 5.41) is 0. The highest BCUT2D eigenvalue weighted by Gasteiger charge is 2.53. The number of para-hydroxylation sites is 2. The number of halogens is 14. The normalized spacial score (nSPS) is 18.5. The second kappa shape index (κ2) is 32.9. The van der Waals surface area contributed by atoms with Crippen LogP contribution in [0.15, 0.2) is 36.4 Å². The fourth-order valence-corrected chi connectivity index (χ4v) is 10.3. The lowest BCUT2D eigenvalue weighted by Gasteiger charge is -2.29. The molecule has 0 saturated heterocycles. The van der Waals surface area contributed by atoms with Gasteiger partial charge in [0.25, 0.3) is 0 Å². The van der Waals surface area contributed by atoms with Crippen LogP contribution < -0.4 is 24.8 Å². The molecular formula is C50H76Cl14N2. The first-order valence-corrected chi connectivity index (χ1v) is 27.9. The number of hydrogen-bond donors (Lipinski definition) is 0. The summed E-state index contributed by atoms with van der Waals surface area (Å²) in [6.07, 6.45) is 21.9. The molecule has 66 heavy (non-hydrogen) atoms. The van der Waals surface area contributed by atoms with E-state index in [-0.39, 0.29) is 35.9 Å². The van der Waals surface area contributed by atoms with Crippen LogP contribution in [-0.2, 0) is 0 Å². The summed E-state index contributed by atoms with van der Waals surface area (Å²) in [5.74, 6) is 2.24. The minimum absolute atomic E-state index is 0. The predicted octanol–water partition coefficient (Wildman–Crippen LogP) is 15.5. The van der Waals surface area contributed by atoms with Gasteiger partial charge in [0.15, 0.2) is 40.7 Å². The summed E-state index contributed by atoms with van der Waals surface area (Å²) < 4.78 is 2.37. The zero-order valence-electron chi connectivity index (χ0n) is 40.9. The van der Waals surface area contributed by atoms with Gasteiger partial charge in [-0.15, -0.1) is 0 Å². The van der Waals surface area contributed by atoms with Gasteiger partial charge in [0.1, 0.15) is 0 Å². The van der Waals surface area contributed by atoms with E-state index in [9.17, 15) is 0 Å². The van der Waals surface area contributed by atoms with Crippen molar-refractivity contribution in [1.29, 1.82) is 0 Å². The van der Waals surface area contributed by atoms with E-state index in [1.807, 2.05) is 0 Å². The molecule has 4 aliphatic rings. The lowest BCUT2D eigenvalue weighted by atomic mass is 9.71. The molecule has 0 amide bonds. The molecule has 6 rings (SSSR count).